The zero-order chi connectivity index (χ0) is 16.2. The number of nitrogens with zero attached hydrogens (tertiary/aromatic N) is 4. The van der Waals surface area contributed by atoms with Crippen molar-refractivity contribution in [3.63, 3.8) is 0 Å². The van der Waals surface area contributed by atoms with Gasteiger partial charge in [-0.3, -0.25) is 9.88 Å². The van der Waals surface area contributed by atoms with E-state index in [1.54, 1.807) is 6.07 Å². The summed E-state index contributed by atoms with van der Waals surface area (Å²) in [7, 11) is 3.95. The second kappa shape index (κ2) is 7.02. The van der Waals surface area contributed by atoms with E-state index in [0.29, 0.717) is 13.2 Å². The fourth-order valence-electron chi connectivity index (χ4n) is 2.62. The van der Waals surface area contributed by atoms with E-state index in [4.69, 9.17) is 4.74 Å². The molecule has 23 heavy (non-hydrogen) atoms. The summed E-state index contributed by atoms with van der Waals surface area (Å²) >= 11 is 0. The van der Waals surface area contributed by atoms with Crippen molar-refractivity contribution >= 4 is 5.82 Å². The minimum Gasteiger partial charge on any atom is -0.369 e. The van der Waals surface area contributed by atoms with Crippen LogP contribution in [0.3, 0.4) is 0 Å². The molecule has 1 aliphatic rings. The third-order valence-corrected chi connectivity index (χ3v) is 3.87. The van der Waals surface area contributed by atoms with Crippen LogP contribution in [0.15, 0.2) is 36.5 Å². The van der Waals surface area contributed by atoms with Gasteiger partial charge in [0, 0.05) is 33.7 Å². The highest BCUT2D eigenvalue weighted by Crippen LogP contribution is 2.23. The van der Waals surface area contributed by atoms with Crippen LogP contribution in [0.25, 0.3) is 0 Å². The molecule has 1 saturated heterocycles. The summed E-state index contributed by atoms with van der Waals surface area (Å²) in [5.74, 6) is 0.613. The Labute approximate surface area is 135 Å². The van der Waals surface area contributed by atoms with Crippen molar-refractivity contribution in [1.29, 1.82) is 0 Å². The van der Waals surface area contributed by atoms with Gasteiger partial charge in [-0.1, -0.05) is 6.07 Å². The average molecular weight is 316 g/mol. The van der Waals surface area contributed by atoms with Crippen LogP contribution in [0.2, 0.25) is 0 Å². The lowest BCUT2D eigenvalue weighted by Crippen LogP contribution is -2.38. The predicted octanol–water partition coefficient (Wildman–Crippen LogP) is 2.26. The normalized spacial score (nSPS) is 18.8. The first-order valence-corrected chi connectivity index (χ1v) is 7.70. The molecule has 1 atom stereocenters. The summed E-state index contributed by atoms with van der Waals surface area (Å²) < 4.78 is 18.8. The van der Waals surface area contributed by atoms with E-state index >= 15 is 0 Å². The molecule has 1 aliphatic heterocycles. The molecule has 0 amide bonds. The number of ether oxygens (including phenoxy) is 1. The fourth-order valence-corrected chi connectivity index (χ4v) is 2.62. The quantitative estimate of drug-likeness (QED) is 0.865. The first kappa shape index (κ1) is 15.8. The highest BCUT2D eigenvalue weighted by Gasteiger charge is 2.23. The molecule has 0 aliphatic carbocycles. The molecule has 0 bridgehead atoms. The SMILES string of the molecule is CN(C)c1cccc(C2CN(Cc3ccc(F)cn3)CCO2)n1. The van der Waals surface area contributed by atoms with Crippen molar-refractivity contribution in [3.8, 4) is 0 Å². The molecule has 1 fully saturated rings. The van der Waals surface area contributed by atoms with Crippen molar-refractivity contribution in [3.05, 3.63) is 53.7 Å². The average Bonchev–Trinajstić information content (AvgIpc) is 2.57. The van der Waals surface area contributed by atoms with Gasteiger partial charge >= 0.3 is 0 Å². The number of rotatable bonds is 4. The van der Waals surface area contributed by atoms with Crippen LogP contribution in [0.4, 0.5) is 10.2 Å². The van der Waals surface area contributed by atoms with Gasteiger partial charge in [0.2, 0.25) is 0 Å². The van der Waals surface area contributed by atoms with E-state index in [9.17, 15) is 4.39 Å². The van der Waals surface area contributed by atoms with Gasteiger partial charge < -0.3 is 9.64 Å². The van der Waals surface area contributed by atoms with Crippen LogP contribution in [0.5, 0.6) is 0 Å². The maximum atomic E-state index is 12.9. The van der Waals surface area contributed by atoms with Crippen molar-refractivity contribution in [2.24, 2.45) is 0 Å². The van der Waals surface area contributed by atoms with Crippen molar-refractivity contribution in [1.82, 2.24) is 14.9 Å². The van der Waals surface area contributed by atoms with Gasteiger partial charge in [0.05, 0.1) is 24.2 Å². The maximum absolute atomic E-state index is 12.9. The zero-order valence-electron chi connectivity index (χ0n) is 13.4. The smallest absolute Gasteiger partial charge is 0.141 e. The molecule has 122 valence electrons. The Morgan fingerprint density at radius 1 is 1.30 bits per heavy atom. The van der Waals surface area contributed by atoms with Gasteiger partial charge in [-0.15, -0.1) is 0 Å². The van der Waals surface area contributed by atoms with Crippen LogP contribution < -0.4 is 4.90 Å². The van der Waals surface area contributed by atoms with Crippen LogP contribution in [-0.2, 0) is 11.3 Å². The Kier molecular flexibility index (Phi) is 4.83. The molecule has 2 aromatic rings. The molecular weight excluding hydrogens is 295 g/mol. The van der Waals surface area contributed by atoms with Crippen LogP contribution in [0.1, 0.15) is 17.5 Å². The molecular formula is C17H21FN4O. The van der Waals surface area contributed by atoms with Gasteiger partial charge in [-0.05, 0) is 24.3 Å². The monoisotopic (exact) mass is 316 g/mol. The van der Waals surface area contributed by atoms with Crippen LogP contribution in [0, 0.1) is 5.82 Å². The molecule has 3 heterocycles. The molecule has 0 radical (unpaired) electrons. The third kappa shape index (κ3) is 4.03. The fraction of sp³-hybridized carbons (Fsp3) is 0.412. The van der Waals surface area contributed by atoms with E-state index in [1.165, 1.54) is 12.3 Å². The van der Waals surface area contributed by atoms with Gasteiger partial charge in [0.15, 0.2) is 0 Å². The molecule has 6 heteroatoms. The van der Waals surface area contributed by atoms with E-state index in [2.05, 4.69) is 14.9 Å². The second-order valence-electron chi connectivity index (χ2n) is 5.88. The van der Waals surface area contributed by atoms with Gasteiger partial charge in [-0.25, -0.2) is 9.37 Å². The van der Waals surface area contributed by atoms with E-state index in [0.717, 1.165) is 30.3 Å². The summed E-state index contributed by atoms with van der Waals surface area (Å²) in [6, 6.07) is 9.15. The zero-order valence-corrected chi connectivity index (χ0v) is 13.4. The summed E-state index contributed by atoms with van der Waals surface area (Å²) in [6.07, 6.45) is 1.21. The second-order valence-corrected chi connectivity index (χ2v) is 5.88. The number of morpholine rings is 1. The Morgan fingerprint density at radius 3 is 2.91 bits per heavy atom. The Bertz CT molecular complexity index is 647. The number of anilines is 1. The number of aromatic nitrogens is 2. The van der Waals surface area contributed by atoms with Gasteiger partial charge in [0.1, 0.15) is 17.7 Å². The number of hydrogen-bond acceptors (Lipinski definition) is 5. The van der Waals surface area contributed by atoms with E-state index < -0.39 is 0 Å². The van der Waals surface area contributed by atoms with Crippen molar-refractivity contribution in [2.75, 3.05) is 38.7 Å². The standard InChI is InChI=1S/C17H21FN4O/c1-21(2)17-5-3-4-15(20-17)16-12-22(8-9-23-16)11-14-7-6-13(18)10-19-14/h3-7,10,16H,8-9,11-12H2,1-2H3. The maximum Gasteiger partial charge on any atom is 0.141 e. The summed E-state index contributed by atoms with van der Waals surface area (Å²) in [5.41, 5.74) is 1.80. The molecule has 0 saturated carbocycles. The highest BCUT2D eigenvalue weighted by atomic mass is 19.1. The summed E-state index contributed by atoms with van der Waals surface area (Å²) in [5, 5.41) is 0. The third-order valence-electron chi connectivity index (χ3n) is 3.87. The molecule has 5 nitrogen and oxygen atoms in total. The lowest BCUT2D eigenvalue weighted by Gasteiger charge is -2.32. The molecule has 3 rings (SSSR count). The largest absolute Gasteiger partial charge is 0.369 e. The predicted molar refractivity (Wildman–Crippen MR) is 86.7 cm³/mol. The minimum atomic E-state index is -0.307. The number of halogens is 1. The first-order valence-electron chi connectivity index (χ1n) is 7.70. The Hall–Kier alpha value is -2.05. The van der Waals surface area contributed by atoms with E-state index in [-0.39, 0.29) is 11.9 Å². The molecule has 2 aromatic heterocycles. The van der Waals surface area contributed by atoms with Gasteiger partial charge in [0.25, 0.3) is 0 Å². The van der Waals surface area contributed by atoms with Gasteiger partial charge in [-0.2, -0.15) is 0 Å². The number of pyridine rings is 2. The van der Waals surface area contributed by atoms with Crippen LogP contribution >= 0.6 is 0 Å². The number of hydrogen-bond donors (Lipinski definition) is 0. The summed E-state index contributed by atoms with van der Waals surface area (Å²) in [4.78, 5) is 13.0. The lowest BCUT2D eigenvalue weighted by atomic mass is 10.1. The Balaban J connectivity index is 1.68. The van der Waals surface area contributed by atoms with Crippen molar-refractivity contribution in [2.45, 2.75) is 12.6 Å². The highest BCUT2D eigenvalue weighted by molar-refractivity contribution is 5.37. The molecule has 0 spiro atoms. The molecule has 0 aromatic carbocycles. The topological polar surface area (TPSA) is 41.5 Å². The summed E-state index contributed by atoms with van der Waals surface area (Å²) in [6.45, 7) is 2.93. The van der Waals surface area contributed by atoms with E-state index in [1.807, 2.05) is 37.2 Å². The molecule has 0 N–H and O–H groups in total. The molecule has 1 unspecified atom stereocenters. The first-order chi connectivity index (χ1) is 11.1. The van der Waals surface area contributed by atoms with Crippen LogP contribution in [-0.4, -0.2) is 48.7 Å². The van der Waals surface area contributed by atoms with Crippen molar-refractivity contribution < 1.29 is 9.13 Å². The lowest BCUT2D eigenvalue weighted by molar-refractivity contribution is -0.0353. The Morgan fingerprint density at radius 2 is 2.17 bits per heavy atom. The minimum absolute atomic E-state index is 0.0518.